The molecule has 0 saturated heterocycles. The van der Waals surface area contributed by atoms with Crippen LogP contribution in [-0.2, 0) is 0 Å². The molecule has 2 heterocycles. The molecule has 0 aromatic heterocycles. The number of anilines is 1. The molecule has 130 valence electrons. The van der Waals surface area contributed by atoms with Gasteiger partial charge in [-0.1, -0.05) is 6.07 Å². The molecule has 4 rings (SSSR count). The smallest absolute Gasteiger partial charge is 0.319 e. The summed E-state index contributed by atoms with van der Waals surface area (Å²) in [5.74, 6) is 2.73. The molecule has 0 unspecified atom stereocenters. The number of benzene rings is 2. The van der Waals surface area contributed by atoms with Crippen LogP contribution in [0, 0.1) is 0 Å². The van der Waals surface area contributed by atoms with E-state index in [0.29, 0.717) is 36.1 Å². The molecule has 2 aliphatic rings. The molecule has 2 aromatic rings. The van der Waals surface area contributed by atoms with E-state index in [0.717, 1.165) is 11.3 Å². The molecule has 2 aliphatic heterocycles. The third-order valence-electron chi connectivity index (χ3n) is 4.04. The lowest BCUT2D eigenvalue weighted by molar-refractivity contribution is 0.171. The van der Waals surface area contributed by atoms with Crippen molar-refractivity contribution < 1.29 is 23.7 Å². The minimum absolute atomic E-state index is 0.190. The highest BCUT2D eigenvalue weighted by molar-refractivity contribution is 5.90. The number of ether oxygens (including phenoxy) is 4. The Morgan fingerprint density at radius 1 is 0.920 bits per heavy atom. The molecule has 2 N–H and O–H groups in total. The van der Waals surface area contributed by atoms with Crippen LogP contribution in [0.2, 0.25) is 0 Å². The van der Waals surface area contributed by atoms with Crippen LogP contribution in [0.4, 0.5) is 10.5 Å². The zero-order valence-corrected chi connectivity index (χ0v) is 13.7. The molecule has 7 heteroatoms. The molecule has 0 bridgehead atoms. The molecule has 0 spiro atoms. The normalized spacial score (nSPS) is 15.4. The first-order valence-electron chi connectivity index (χ1n) is 8.06. The van der Waals surface area contributed by atoms with Crippen LogP contribution in [0.3, 0.4) is 0 Å². The fourth-order valence-corrected chi connectivity index (χ4v) is 2.75. The van der Waals surface area contributed by atoms with Gasteiger partial charge in [0.05, 0.1) is 6.04 Å². The van der Waals surface area contributed by atoms with Gasteiger partial charge in [0, 0.05) is 11.8 Å². The van der Waals surface area contributed by atoms with Crippen LogP contribution >= 0.6 is 0 Å². The zero-order valence-electron chi connectivity index (χ0n) is 13.7. The van der Waals surface area contributed by atoms with Gasteiger partial charge in [0.1, 0.15) is 13.2 Å². The second-order valence-electron chi connectivity index (χ2n) is 5.79. The third kappa shape index (κ3) is 3.26. The number of urea groups is 1. The van der Waals surface area contributed by atoms with Crippen molar-refractivity contribution in [1.29, 1.82) is 0 Å². The van der Waals surface area contributed by atoms with Crippen LogP contribution < -0.4 is 29.6 Å². The molecule has 1 atom stereocenters. The van der Waals surface area contributed by atoms with E-state index in [1.54, 1.807) is 18.2 Å². The van der Waals surface area contributed by atoms with E-state index in [-0.39, 0.29) is 18.9 Å². The average molecular weight is 342 g/mol. The second kappa shape index (κ2) is 6.43. The van der Waals surface area contributed by atoms with Crippen molar-refractivity contribution in [3.8, 4) is 23.0 Å². The summed E-state index contributed by atoms with van der Waals surface area (Å²) < 4.78 is 21.6. The Bertz CT molecular complexity index is 808. The first-order chi connectivity index (χ1) is 12.2. The van der Waals surface area contributed by atoms with Crippen molar-refractivity contribution in [3.05, 3.63) is 42.0 Å². The van der Waals surface area contributed by atoms with Gasteiger partial charge in [-0.05, 0) is 36.8 Å². The Morgan fingerprint density at radius 2 is 1.60 bits per heavy atom. The molecular formula is C18H18N2O5. The van der Waals surface area contributed by atoms with E-state index >= 15 is 0 Å². The molecule has 2 amide bonds. The summed E-state index contributed by atoms with van der Waals surface area (Å²) in [6, 6.07) is 10.4. The molecule has 7 nitrogen and oxygen atoms in total. The number of nitrogens with one attached hydrogen (secondary N) is 2. The van der Waals surface area contributed by atoms with Crippen molar-refractivity contribution >= 4 is 11.7 Å². The number of hydrogen-bond acceptors (Lipinski definition) is 5. The Morgan fingerprint density at radius 3 is 2.48 bits per heavy atom. The van der Waals surface area contributed by atoms with Crippen LogP contribution in [0.15, 0.2) is 36.4 Å². The van der Waals surface area contributed by atoms with E-state index in [1.807, 2.05) is 25.1 Å². The van der Waals surface area contributed by atoms with Crippen LogP contribution in [0.25, 0.3) is 0 Å². The predicted octanol–water partition coefficient (Wildman–Crippen LogP) is 3.07. The molecule has 2 aromatic carbocycles. The highest BCUT2D eigenvalue weighted by Crippen LogP contribution is 2.34. The van der Waals surface area contributed by atoms with Gasteiger partial charge in [0.15, 0.2) is 23.0 Å². The minimum Gasteiger partial charge on any atom is -0.486 e. The maximum Gasteiger partial charge on any atom is 0.319 e. The SMILES string of the molecule is C[C@@H](NC(=O)Nc1ccc2c(c1)OCO2)c1ccc2c(c1)OCCO2. The first kappa shape index (κ1) is 15.4. The summed E-state index contributed by atoms with van der Waals surface area (Å²) in [4.78, 5) is 12.2. The first-order valence-corrected chi connectivity index (χ1v) is 8.06. The molecule has 25 heavy (non-hydrogen) atoms. The summed E-state index contributed by atoms with van der Waals surface area (Å²) >= 11 is 0. The van der Waals surface area contributed by atoms with Crippen molar-refractivity contribution in [1.82, 2.24) is 5.32 Å². The summed E-state index contributed by atoms with van der Waals surface area (Å²) in [7, 11) is 0. The third-order valence-corrected chi connectivity index (χ3v) is 4.04. The largest absolute Gasteiger partial charge is 0.486 e. The minimum atomic E-state index is -0.304. The monoisotopic (exact) mass is 342 g/mol. The van der Waals surface area contributed by atoms with Crippen LogP contribution in [0.5, 0.6) is 23.0 Å². The number of amides is 2. The fourth-order valence-electron chi connectivity index (χ4n) is 2.75. The lowest BCUT2D eigenvalue weighted by Gasteiger charge is -2.21. The van der Waals surface area contributed by atoms with E-state index in [2.05, 4.69) is 10.6 Å². The number of rotatable bonds is 3. The van der Waals surface area contributed by atoms with Crippen molar-refractivity contribution in [2.45, 2.75) is 13.0 Å². The van der Waals surface area contributed by atoms with Crippen molar-refractivity contribution in [2.75, 3.05) is 25.3 Å². The average Bonchev–Trinajstić information content (AvgIpc) is 3.09. The summed E-state index contributed by atoms with van der Waals surface area (Å²) in [5.41, 5.74) is 1.57. The zero-order chi connectivity index (χ0) is 17.2. The van der Waals surface area contributed by atoms with E-state index in [4.69, 9.17) is 18.9 Å². The van der Waals surface area contributed by atoms with Crippen molar-refractivity contribution in [2.24, 2.45) is 0 Å². The number of hydrogen-bond donors (Lipinski definition) is 2. The van der Waals surface area contributed by atoms with E-state index < -0.39 is 0 Å². The summed E-state index contributed by atoms with van der Waals surface area (Å²) in [5, 5.41) is 5.69. The number of fused-ring (bicyclic) bond motifs is 2. The predicted molar refractivity (Wildman–Crippen MR) is 90.6 cm³/mol. The molecule has 0 fully saturated rings. The Labute approximate surface area is 144 Å². The van der Waals surface area contributed by atoms with Gasteiger partial charge in [0.2, 0.25) is 6.79 Å². The van der Waals surface area contributed by atoms with Gasteiger partial charge in [-0.25, -0.2) is 4.79 Å². The Hall–Kier alpha value is -3.09. The van der Waals surface area contributed by atoms with E-state index in [1.165, 1.54) is 0 Å². The van der Waals surface area contributed by atoms with Gasteiger partial charge >= 0.3 is 6.03 Å². The standard InChI is InChI=1S/C18H18N2O5/c1-11(12-2-4-14-16(8-12)23-7-6-22-14)19-18(21)20-13-3-5-15-17(9-13)25-10-24-15/h2-5,8-9,11H,6-7,10H2,1H3,(H2,19,20,21)/t11-/m1/s1. The second-order valence-corrected chi connectivity index (χ2v) is 5.79. The van der Waals surface area contributed by atoms with Gasteiger partial charge in [0.25, 0.3) is 0 Å². The maximum absolute atomic E-state index is 12.2. The summed E-state index contributed by atoms with van der Waals surface area (Å²) in [6.07, 6.45) is 0. The van der Waals surface area contributed by atoms with E-state index in [9.17, 15) is 4.79 Å². The van der Waals surface area contributed by atoms with Gasteiger partial charge < -0.3 is 29.6 Å². The lowest BCUT2D eigenvalue weighted by atomic mass is 10.1. The lowest BCUT2D eigenvalue weighted by Crippen LogP contribution is -2.31. The van der Waals surface area contributed by atoms with Crippen molar-refractivity contribution in [3.63, 3.8) is 0 Å². The van der Waals surface area contributed by atoms with Crippen LogP contribution in [-0.4, -0.2) is 26.0 Å². The molecule has 0 aliphatic carbocycles. The Kier molecular flexibility index (Phi) is 3.97. The summed E-state index contributed by atoms with van der Waals surface area (Å²) in [6.45, 7) is 3.19. The van der Waals surface area contributed by atoms with Crippen LogP contribution in [0.1, 0.15) is 18.5 Å². The quantitative estimate of drug-likeness (QED) is 0.896. The highest BCUT2D eigenvalue weighted by Gasteiger charge is 2.17. The Balaban J connectivity index is 1.40. The number of carbonyl (C=O) groups is 1. The molecule has 0 radical (unpaired) electrons. The fraction of sp³-hybridized carbons (Fsp3) is 0.278. The molecule has 0 saturated carbocycles. The maximum atomic E-state index is 12.2. The van der Waals surface area contributed by atoms with Gasteiger partial charge in [-0.15, -0.1) is 0 Å². The number of carbonyl (C=O) groups excluding carboxylic acids is 1. The topological polar surface area (TPSA) is 78.1 Å². The highest BCUT2D eigenvalue weighted by atomic mass is 16.7. The molecular weight excluding hydrogens is 324 g/mol. The van der Waals surface area contributed by atoms with Gasteiger partial charge in [-0.3, -0.25) is 0 Å². The van der Waals surface area contributed by atoms with Gasteiger partial charge in [-0.2, -0.15) is 0 Å².